The highest BCUT2D eigenvalue weighted by molar-refractivity contribution is 5.94. The molecule has 0 bridgehead atoms. The van der Waals surface area contributed by atoms with Crippen LogP contribution in [0.3, 0.4) is 0 Å². The van der Waals surface area contributed by atoms with Crippen LogP contribution in [0.15, 0.2) is 48.5 Å². The molecule has 2 N–H and O–H groups in total. The van der Waals surface area contributed by atoms with Gasteiger partial charge in [-0.2, -0.15) is 0 Å². The monoisotopic (exact) mass is 274 g/mol. The molecule has 0 amide bonds. The Morgan fingerprint density at radius 3 is 2.67 bits per heavy atom. The Balaban J connectivity index is 1.88. The van der Waals surface area contributed by atoms with Crippen molar-refractivity contribution in [3.05, 3.63) is 70.9 Å². The van der Waals surface area contributed by atoms with E-state index in [1.165, 1.54) is 28.8 Å². The molecule has 0 spiro atoms. The number of hydrogen-bond donors (Lipinski definition) is 1. The van der Waals surface area contributed by atoms with Crippen LogP contribution in [-0.2, 0) is 19.3 Å². The van der Waals surface area contributed by atoms with E-state index < -0.39 is 0 Å². The molecule has 1 aliphatic rings. The second-order valence-corrected chi connectivity index (χ2v) is 5.78. The van der Waals surface area contributed by atoms with Gasteiger partial charge in [0.05, 0.1) is 5.52 Å². The van der Waals surface area contributed by atoms with Gasteiger partial charge in [-0.05, 0) is 42.4 Å². The second kappa shape index (κ2) is 4.88. The number of benzene rings is 2. The van der Waals surface area contributed by atoms with Gasteiger partial charge in [-0.3, -0.25) is 4.98 Å². The number of hydrogen-bond acceptors (Lipinski definition) is 2. The molecule has 0 unspecified atom stereocenters. The third-order valence-corrected chi connectivity index (χ3v) is 4.41. The molecule has 21 heavy (non-hydrogen) atoms. The molecule has 2 heteroatoms. The third-order valence-electron chi connectivity index (χ3n) is 4.41. The summed E-state index contributed by atoms with van der Waals surface area (Å²) in [6.07, 6.45) is 4.22. The Morgan fingerprint density at radius 1 is 0.952 bits per heavy atom. The number of rotatable bonds is 2. The van der Waals surface area contributed by atoms with Gasteiger partial charge in [-0.1, -0.05) is 48.5 Å². The number of pyridine rings is 1. The first-order chi connectivity index (χ1) is 10.3. The third kappa shape index (κ3) is 2.07. The Morgan fingerprint density at radius 2 is 1.81 bits per heavy atom. The average molecular weight is 274 g/mol. The standard InChI is InChI=1S/C19H18N2/c20-18-15-9-5-11-17(15)21-19-14(8-4-10-16(18)19)12-13-6-2-1-3-7-13/h1-4,6-8,10H,5,9,11-12H2,(H2,20,21). The smallest absolute Gasteiger partial charge is 0.0761 e. The first-order valence-electron chi connectivity index (χ1n) is 7.55. The molecule has 2 aromatic carbocycles. The van der Waals surface area contributed by atoms with E-state index in [1.54, 1.807) is 0 Å². The fraction of sp³-hybridized carbons (Fsp3) is 0.211. The summed E-state index contributed by atoms with van der Waals surface area (Å²) in [5.41, 5.74) is 13.5. The van der Waals surface area contributed by atoms with Crippen molar-refractivity contribution in [3.63, 3.8) is 0 Å². The molecule has 104 valence electrons. The minimum Gasteiger partial charge on any atom is -0.398 e. The number of nitrogen functional groups attached to an aromatic ring is 1. The van der Waals surface area contributed by atoms with Crippen molar-refractivity contribution >= 4 is 16.6 Å². The molecule has 0 saturated carbocycles. The van der Waals surface area contributed by atoms with Gasteiger partial charge in [-0.25, -0.2) is 0 Å². The molecule has 0 aliphatic heterocycles. The highest BCUT2D eigenvalue weighted by Crippen LogP contribution is 2.33. The van der Waals surface area contributed by atoms with E-state index in [-0.39, 0.29) is 0 Å². The van der Waals surface area contributed by atoms with Crippen LogP contribution in [0, 0.1) is 0 Å². The minimum absolute atomic E-state index is 0.906. The SMILES string of the molecule is Nc1c2c(nc3c(Cc4ccccc4)cccc13)CCC2. The summed E-state index contributed by atoms with van der Waals surface area (Å²) in [6, 6.07) is 16.9. The number of nitrogens with zero attached hydrogens (tertiary/aromatic N) is 1. The van der Waals surface area contributed by atoms with Gasteiger partial charge in [0.2, 0.25) is 0 Å². The van der Waals surface area contributed by atoms with Gasteiger partial charge in [0.1, 0.15) is 0 Å². The Hall–Kier alpha value is -2.35. The summed E-state index contributed by atoms with van der Waals surface area (Å²) < 4.78 is 0. The largest absolute Gasteiger partial charge is 0.398 e. The molecular formula is C19H18N2. The summed E-state index contributed by atoms with van der Waals surface area (Å²) >= 11 is 0. The summed E-state index contributed by atoms with van der Waals surface area (Å²) in [6.45, 7) is 0. The van der Waals surface area contributed by atoms with Crippen LogP contribution in [0.2, 0.25) is 0 Å². The van der Waals surface area contributed by atoms with Gasteiger partial charge in [0.15, 0.2) is 0 Å². The number of nitrogens with two attached hydrogens (primary N) is 1. The fourth-order valence-electron chi connectivity index (χ4n) is 3.34. The highest BCUT2D eigenvalue weighted by atomic mass is 14.7. The maximum atomic E-state index is 6.39. The van der Waals surface area contributed by atoms with Crippen LogP contribution in [0.25, 0.3) is 10.9 Å². The molecule has 1 aromatic heterocycles. The molecule has 1 heterocycles. The zero-order chi connectivity index (χ0) is 14.2. The lowest BCUT2D eigenvalue weighted by molar-refractivity contribution is 0.901. The maximum Gasteiger partial charge on any atom is 0.0761 e. The number of para-hydroxylation sites is 1. The molecule has 1 aliphatic carbocycles. The van der Waals surface area contributed by atoms with Crippen LogP contribution < -0.4 is 5.73 Å². The highest BCUT2D eigenvalue weighted by Gasteiger charge is 2.18. The fourth-order valence-corrected chi connectivity index (χ4v) is 3.34. The van der Waals surface area contributed by atoms with Crippen LogP contribution in [0.4, 0.5) is 5.69 Å². The number of anilines is 1. The summed E-state index contributed by atoms with van der Waals surface area (Å²) in [5.74, 6) is 0. The van der Waals surface area contributed by atoms with E-state index in [2.05, 4.69) is 48.5 Å². The van der Waals surface area contributed by atoms with E-state index in [1.807, 2.05) is 0 Å². The summed E-state index contributed by atoms with van der Waals surface area (Å²) in [4.78, 5) is 4.93. The van der Waals surface area contributed by atoms with Crippen LogP contribution in [0.1, 0.15) is 28.8 Å². The van der Waals surface area contributed by atoms with Crippen molar-refractivity contribution in [1.29, 1.82) is 0 Å². The lowest BCUT2D eigenvalue weighted by atomic mass is 9.99. The predicted molar refractivity (Wildman–Crippen MR) is 87.4 cm³/mol. The second-order valence-electron chi connectivity index (χ2n) is 5.78. The predicted octanol–water partition coefficient (Wildman–Crippen LogP) is 3.90. The molecule has 3 aromatic rings. The minimum atomic E-state index is 0.906. The Kier molecular flexibility index (Phi) is 2.88. The lowest BCUT2D eigenvalue weighted by Crippen LogP contribution is -2.01. The molecule has 0 atom stereocenters. The van der Waals surface area contributed by atoms with E-state index in [4.69, 9.17) is 10.7 Å². The molecule has 2 nitrogen and oxygen atoms in total. The quantitative estimate of drug-likeness (QED) is 0.770. The van der Waals surface area contributed by atoms with Crippen LogP contribution >= 0.6 is 0 Å². The van der Waals surface area contributed by atoms with Gasteiger partial charge >= 0.3 is 0 Å². The Labute approximate surface area is 124 Å². The van der Waals surface area contributed by atoms with Crippen molar-refractivity contribution < 1.29 is 0 Å². The molecule has 4 rings (SSSR count). The summed E-state index contributed by atoms with van der Waals surface area (Å²) in [7, 11) is 0. The van der Waals surface area contributed by atoms with Gasteiger partial charge in [-0.15, -0.1) is 0 Å². The molecule has 0 saturated heterocycles. The van der Waals surface area contributed by atoms with Crippen molar-refractivity contribution in [2.24, 2.45) is 0 Å². The van der Waals surface area contributed by atoms with Crippen LogP contribution in [0.5, 0.6) is 0 Å². The lowest BCUT2D eigenvalue weighted by Gasteiger charge is -2.12. The number of aromatic nitrogens is 1. The molecule has 0 fully saturated rings. The normalized spacial score (nSPS) is 13.5. The van der Waals surface area contributed by atoms with Gasteiger partial charge in [0.25, 0.3) is 0 Å². The van der Waals surface area contributed by atoms with E-state index in [0.717, 1.165) is 35.9 Å². The van der Waals surface area contributed by atoms with Gasteiger partial charge < -0.3 is 5.73 Å². The number of aryl methyl sites for hydroxylation is 1. The van der Waals surface area contributed by atoms with Crippen molar-refractivity contribution in [1.82, 2.24) is 4.98 Å². The zero-order valence-corrected chi connectivity index (χ0v) is 12.0. The van der Waals surface area contributed by atoms with Crippen LogP contribution in [-0.4, -0.2) is 4.98 Å². The van der Waals surface area contributed by atoms with E-state index in [0.29, 0.717) is 0 Å². The van der Waals surface area contributed by atoms with Crippen molar-refractivity contribution in [2.75, 3.05) is 5.73 Å². The first-order valence-corrected chi connectivity index (χ1v) is 7.55. The van der Waals surface area contributed by atoms with Crippen molar-refractivity contribution in [3.8, 4) is 0 Å². The van der Waals surface area contributed by atoms with Crippen molar-refractivity contribution in [2.45, 2.75) is 25.7 Å². The van der Waals surface area contributed by atoms with E-state index in [9.17, 15) is 0 Å². The topological polar surface area (TPSA) is 38.9 Å². The number of fused-ring (bicyclic) bond motifs is 2. The molecular weight excluding hydrogens is 256 g/mol. The zero-order valence-electron chi connectivity index (χ0n) is 12.0. The summed E-state index contributed by atoms with van der Waals surface area (Å²) in [5, 5.41) is 1.11. The Bertz CT molecular complexity index is 807. The van der Waals surface area contributed by atoms with E-state index >= 15 is 0 Å². The maximum absolute atomic E-state index is 6.39. The molecule has 0 radical (unpaired) electrons. The average Bonchev–Trinajstić information content (AvgIpc) is 2.98. The van der Waals surface area contributed by atoms with Gasteiger partial charge in [0, 0.05) is 16.8 Å². The first kappa shape index (κ1) is 12.4.